The Labute approximate surface area is 154 Å². The molecule has 0 unspecified atom stereocenters. The number of nitrogens with zero attached hydrogens (tertiary/aromatic N) is 2. The van der Waals surface area contributed by atoms with Crippen molar-refractivity contribution in [3.05, 3.63) is 47.5 Å². The van der Waals surface area contributed by atoms with E-state index in [1.807, 2.05) is 25.1 Å². The Kier molecular flexibility index (Phi) is 4.77. The molecule has 1 aliphatic heterocycles. The minimum Gasteiger partial charge on any atom is -0.495 e. The number of ether oxygens (including phenoxy) is 2. The number of carbonyl (C=O) groups is 3. The standard InChI is InChI=1S/C19H15N3O5/c1-11-5-3-4-6-14(11)27-15-8-13(16(26-2)7-12(15)10-20)22-18(24)9-17(23)21-19(22)25/h3-8H,9H2,1-2H3,(H,21,23,25). The number of urea groups is 1. The Bertz CT molecular complexity index is 973. The first kappa shape index (κ1) is 17.9. The van der Waals surface area contributed by atoms with Crippen LogP contribution in [-0.4, -0.2) is 25.0 Å². The molecular weight excluding hydrogens is 350 g/mol. The van der Waals surface area contributed by atoms with Gasteiger partial charge in [-0.25, -0.2) is 9.69 Å². The van der Waals surface area contributed by atoms with Crippen LogP contribution in [0.4, 0.5) is 10.5 Å². The number of carbonyl (C=O) groups excluding carboxylic acids is 3. The summed E-state index contributed by atoms with van der Waals surface area (Å²) in [4.78, 5) is 36.6. The van der Waals surface area contributed by atoms with E-state index in [9.17, 15) is 19.6 Å². The second-order valence-electron chi connectivity index (χ2n) is 5.76. The number of para-hydroxylation sites is 1. The molecule has 3 rings (SSSR count). The van der Waals surface area contributed by atoms with Crippen molar-refractivity contribution in [1.29, 1.82) is 5.26 Å². The Morgan fingerprint density at radius 2 is 1.85 bits per heavy atom. The fraction of sp³-hybridized carbons (Fsp3) is 0.158. The van der Waals surface area contributed by atoms with Crippen LogP contribution in [0.15, 0.2) is 36.4 Å². The average Bonchev–Trinajstić information content (AvgIpc) is 2.63. The molecule has 1 N–H and O–H groups in total. The maximum absolute atomic E-state index is 12.2. The second-order valence-corrected chi connectivity index (χ2v) is 5.76. The highest BCUT2D eigenvalue weighted by Crippen LogP contribution is 2.38. The van der Waals surface area contributed by atoms with Gasteiger partial charge in [0.15, 0.2) is 0 Å². The maximum atomic E-state index is 12.2. The molecule has 0 bridgehead atoms. The average molecular weight is 365 g/mol. The highest BCUT2D eigenvalue weighted by molar-refractivity contribution is 6.26. The van der Waals surface area contributed by atoms with Gasteiger partial charge in [0.1, 0.15) is 29.7 Å². The third-order valence-corrected chi connectivity index (χ3v) is 3.97. The van der Waals surface area contributed by atoms with Crippen LogP contribution in [0, 0.1) is 18.3 Å². The Balaban J connectivity index is 2.10. The Morgan fingerprint density at radius 3 is 2.48 bits per heavy atom. The second kappa shape index (κ2) is 7.17. The maximum Gasteiger partial charge on any atom is 0.335 e. The van der Waals surface area contributed by atoms with Crippen molar-refractivity contribution in [2.24, 2.45) is 0 Å². The van der Waals surface area contributed by atoms with E-state index in [4.69, 9.17) is 9.47 Å². The van der Waals surface area contributed by atoms with E-state index in [-0.39, 0.29) is 22.7 Å². The summed E-state index contributed by atoms with van der Waals surface area (Å²) in [5, 5.41) is 11.5. The number of hydrogen-bond acceptors (Lipinski definition) is 6. The first-order chi connectivity index (χ1) is 12.9. The molecule has 2 aromatic carbocycles. The van der Waals surface area contributed by atoms with Crippen molar-refractivity contribution >= 4 is 23.5 Å². The fourth-order valence-corrected chi connectivity index (χ4v) is 2.64. The summed E-state index contributed by atoms with van der Waals surface area (Å²) in [6, 6.07) is 11.1. The van der Waals surface area contributed by atoms with Crippen molar-refractivity contribution in [3.63, 3.8) is 0 Å². The fourth-order valence-electron chi connectivity index (χ4n) is 2.64. The van der Waals surface area contributed by atoms with E-state index in [1.54, 1.807) is 12.1 Å². The number of barbiturate groups is 1. The molecule has 136 valence electrons. The summed E-state index contributed by atoms with van der Waals surface area (Å²) < 4.78 is 11.1. The number of hydrogen-bond donors (Lipinski definition) is 1. The summed E-state index contributed by atoms with van der Waals surface area (Å²) in [5.41, 5.74) is 1.09. The van der Waals surface area contributed by atoms with Crippen LogP contribution in [0.5, 0.6) is 17.2 Å². The van der Waals surface area contributed by atoms with Crippen molar-refractivity contribution in [1.82, 2.24) is 5.32 Å². The Hall–Kier alpha value is -3.86. The van der Waals surface area contributed by atoms with Gasteiger partial charge in [-0.2, -0.15) is 5.26 Å². The van der Waals surface area contributed by atoms with Crippen LogP contribution in [0.2, 0.25) is 0 Å². The Morgan fingerprint density at radius 1 is 1.11 bits per heavy atom. The lowest BCUT2D eigenvalue weighted by Gasteiger charge is -2.26. The number of rotatable bonds is 4. The first-order valence-corrected chi connectivity index (χ1v) is 7.97. The van der Waals surface area contributed by atoms with E-state index >= 15 is 0 Å². The third kappa shape index (κ3) is 3.43. The van der Waals surface area contributed by atoms with Gasteiger partial charge in [-0.1, -0.05) is 18.2 Å². The zero-order valence-corrected chi connectivity index (χ0v) is 14.6. The van der Waals surface area contributed by atoms with Crippen LogP contribution >= 0.6 is 0 Å². The zero-order valence-electron chi connectivity index (χ0n) is 14.6. The number of nitrogens with one attached hydrogen (secondary N) is 1. The lowest BCUT2D eigenvalue weighted by molar-refractivity contribution is -0.128. The van der Waals surface area contributed by atoms with Crippen molar-refractivity contribution in [3.8, 4) is 23.3 Å². The summed E-state index contributed by atoms with van der Waals surface area (Å²) in [7, 11) is 1.35. The minimum absolute atomic E-state index is 0.0788. The van der Waals surface area contributed by atoms with Gasteiger partial charge < -0.3 is 9.47 Å². The van der Waals surface area contributed by atoms with E-state index in [2.05, 4.69) is 5.32 Å². The normalized spacial score (nSPS) is 13.8. The zero-order chi connectivity index (χ0) is 19.6. The first-order valence-electron chi connectivity index (χ1n) is 7.97. The molecule has 0 aliphatic carbocycles. The van der Waals surface area contributed by atoms with Crippen LogP contribution < -0.4 is 19.7 Å². The van der Waals surface area contributed by atoms with E-state index < -0.39 is 24.3 Å². The molecule has 0 saturated carbocycles. The lowest BCUT2D eigenvalue weighted by Crippen LogP contribution is -2.53. The molecular formula is C19H15N3O5. The predicted molar refractivity (Wildman–Crippen MR) is 94.6 cm³/mol. The minimum atomic E-state index is -0.888. The number of nitriles is 1. The molecule has 1 aliphatic rings. The van der Waals surface area contributed by atoms with Crippen LogP contribution in [0.3, 0.4) is 0 Å². The number of anilines is 1. The van der Waals surface area contributed by atoms with Crippen molar-refractivity contribution in [2.45, 2.75) is 13.3 Å². The van der Waals surface area contributed by atoms with Gasteiger partial charge in [-0.3, -0.25) is 14.9 Å². The van der Waals surface area contributed by atoms with Gasteiger partial charge in [-0.15, -0.1) is 0 Å². The summed E-state index contributed by atoms with van der Waals surface area (Å²) in [6.45, 7) is 1.85. The third-order valence-electron chi connectivity index (χ3n) is 3.97. The molecule has 8 nitrogen and oxygen atoms in total. The van der Waals surface area contributed by atoms with E-state index in [0.29, 0.717) is 5.75 Å². The quantitative estimate of drug-likeness (QED) is 0.834. The van der Waals surface area contributed by atoms with Gasteiger partial charge in [0, 0.05) is 12.1 Å². The SMILES string of the molecule is COc1cc(C#N)c(Oc2ccccc2C)cc1N1C(=O)CC(=O)NC1=O. The molecule has 0 aromatic heterocycles. The van der Waals surface area contributed by atoms with Gasteiger partial charge >= 0.3 is 6.03 Å². The number of imide groups is 2. The molecule has 1 heterocycles. The highest BCUT2D eigenvalue weighted by atomic mass is 16.5. The van der Waals surface area contributed by atoms with E-state index in [1.165, 1.54) is 19.2 Å². The lowest BCUT2D eigenvalue weighted by atomic mass is 10.1. The van der Waals surface area contributed by atoms with Crippen molar-refractivity contribution in [2.75, 3.05) is 12.0 Å². The number of amides is 4. The molecule has 2 aromatic rings. The van der Waals surface area contributed by atoms with Gasteiger partial charge in [0.25, 0.3) is 0 Å². The highest BCUT2D eigenvalue weighted by Gasteiger charge is 2.34. The largest absolute Gasteiger partial charge is 0.495 e. The summed E-state index contributed by atoms with van der Waals surface area (Å²) in [5.74, 6) is -0.574. The molecule has 0 radical (unpaired) electrons. The molecule has 0 spiro atoms. The smallest absolute Gasteiger partial charge is 0.335 e. The molecule has 4 amide bonds. The summed E-state index contributed by atoms with van der Waals surface area (Å²) in [6.07, 6.45) is -0.469. The monoisotopic (exact) mass is 365 g/mol. The van der Waals surface area contributed by atoms with Gasteiger partial charge in [0.05, 0.1) is 18.4 Å². The number of benzene rings is 2. The van der Waals surface area contributed by atoms with Gasteiger partial charge in [0.2, 0.25) is 11.8 Å². The molecule has 1 fully saturated rings. The van der Waals surface area contributed by atoms with Crippen molar-refractivity contribution < 1.29 is 23.9 Å². The number of methoxy groups -OCH3 is 1. The molecule has 1 saturated heterocycles. The summed E-state index contributed by atoms with van der Waals surface area (Å²) >= 11 is 0. The topological polar surface area (TPSA) is 109 Å². The molecule has 27 heavy (non-hydrogen) atoms. The van der Waals surface area contributed by atoms with E-state index in [0.717, 1.165) is 10.5 Å². The molecule has 0 atom stereocenters. The van der Waals surface area contributed by atoms with Gasteiger partial charge in [-0.05, 0) is 18.6 Å². The van der Waals surface area contributed by atoms with Crippen LogP contribution in [0.25, 0.3) is 0 Å². The predicted octanol–water partition coefficient (Wildman–Crippen LogP) is 2.64. The molecule has 8 heteroatoms. The number of aryl methyl sites for hydroxylation is 1. The van der Waals surface area contributed by atoms with Crippen LogP contribution in [-0.2, 0) is 9.59 Å². The van der Waals surface area contributed by atoms with Crippen LogP contribution in [0.1, 0.15) is 17.5 Å².